The highest BCUT2D eigenvalue weighted by atomic mass is 16.3. The van der Waals surface area contributed by atoms with Gasteiger partial charge in [0.1, 0.15) is 12.5 Å². The van der Waals surface area contributed by atoms with Crippen LogP contribution in [-0.4, -0.2) is 20.6 Å². The van der Waals surface area contributed by atoms with Crippen LogP contribution in [0.4, 0.5) is 11.4 Å². The quantitative estimate of drug-likeness (QED) is 0.474. The number of nitrogens with one attached hydrogen (secondary N) is 1. The second kappa shape index (κ2) is 11.5. The summed E-state index contributed by atoms with van der Waals surface area (Å²) in [7, 11) is 4.08. The van der Waals surface area contributed by atoms with Crippen molar-refractivity contribution in [3.8, 4) is 0 Å². The van der Waals surface area contributed by atoms with Gasteiger partial charge in [-0.05, 0) is 6.42 Å². The van der Waals surface area contributed by atoms with Gasteiger partial charge in [0, 0.05) is 20.6 Å². The lowest BCUT2D eigenvalue weighted by Gasteiger charge is -2.13. The highest BCUT2D eigenvalue weighted by molar-refractivity contribution is 5.67. The van der Waals surface area contributed by atoms with Crippen molar-refractivity contribution in [2.75, 3.05) is 30.9 Å². The van der Waals surface area contributed by atoms with Crippen molar-refractivity contribution in [1.82, 2.24) is 0 Å². The lowest BCUT2D eigenvalue weighted by atomic mass is 10.1. The van der Waals surface area contributed by atoms with E-state index >= 15 is 0 Å². The molecule has 1 aromatic rings. The van der Waals surface area contributed by atoms with Crippen LogP contribution in [0.3, 0.4) is 0 Å². The molecular weight excluding hydrogens is 260 g/mol. The van der Waals surface area contributed by atoms with E-state index in [4.69, 9.17) is 4.42 Å². The van der Waals surface area contributed by atoms with Gasteiger partial charge in [-0.1, -0.05) is 64.7 Å². The van der Waals surface area contributed by atoms with Crippen LogP contribution in [-0.2, 0) is 0 Å². The Morgan fingerprint density at radius 1 is 0.857 bits per heavy atom. The van der Waals surface area contributed by atoms with E-state index in [1.807, 2.05) is 14.1 Å². The van der Waals surface area contributed by atoms with Crippen molar-refractivity contribution in [2.45, 2.75) is 71.1 Å². The number of anilines is 2. The molecule has 0 saturated carbocycles. The van der Waals surface area contributed by atoms with Crippen molar-refractivity contribution in [1.29, 1.82) is 0 Å². The summed E-state index contributed by atoms with van der Waals surface area (Å²) in [6.45, 7) is 3.32. The fourth-order valence-electron chi connectivity index (χ4n) is 2.60. The number of unbranched alkanes of at least 4 members (excludes halogenated alkanes) is 9. The molecule has 0 atom stereocenters. The van der Waals surface area contributed by atoms with Gasteiger partial charge in [-0.25, -0.2) is 0 Å². The first-order valence-corrected chi connectivity index (χ1v) is 8.73. The maximum Gasteiger partial charge on any atom is 0.116 e. The third-order valence-corrected chi connectivity index (χ3v) is 3.97. The van der Waals surface area contributed by atoms with Crippen LogP contribution in [0.15, 0.2) is 16.9 Å². The molecule has 21 heavy (non-hydrogen) atoms. The molecule has 1 heterocycles. The molecule has 0 aliphatic carbocycles. The molecule has 0 unspecified atom stereocenters. The zero-order valence-electron chi connectivity index (χ0n) is 14.3. The van der Waals surface area contributed by atoms with Gasteiger partial charge in [0.25, 0.3) is 0 Å². The van der Waals surface area contributed by atoms with Crippen molar-refractivity contribution in [3.63, 3.8) is 0 Å². The normalized spacial score (nSPS) is 10.8. The third-order valence-electron chi connectivity index (χ3n) is 3.97. The molecule has 1 aromatic heterocycles. The van der Waals surface area contributed by atoms with Crippen LogP contribution in [0.1, 0.15) is 71.1 Å². The van der Waals surface area contributed by atoms with Gasteiger partial charge in [-0.15, -0.1) is 0 Å². The second-order valence-electron chi connectivity index (χ2n) is 6.17. The molecule has 0 spiro atoms. The number of furan rings is 1. The maximum atomic E-state index is 5.25. The van der Waals surface area contributed by atoms with Gasteiger partial charge >= 0.3 is 0 Å². The summed E-state index contributed by atoms with van der Waals surface area (Å²) in [5.41, 5.74) is 2.23. The molecular formula is C18H34N2O. The predicted molar refractivity (Wildman–Crippen MR) is 93.4 cm³/mol. The Bertz CT molecular complexity index is 347. The van der Waals surface area contributed by atoms with Gasteiger partial charge in [0.2, 0.25) is 0 Å². The van der Waals surface area contributed by atoms with Gasteiger partial charge in [0.15, 0.2) is 0 Å². The predicted octanol–water partition coefficient (Wildman–Crippen LogP) is 5.68. The smallest absolute Gasteiger partial charge is 0.116 e. The van der Waals surface area contributed by atoms with E-state index in [1.165, 1.54) is 64.2 Å². The van der Waals surface area contributed by atoms with E-state index in [2.05, 4.69) is 17.1 Å². The fraction of sp³-hybridized carbons (Fsp3) is 0.778. The van der Waals surface area contributed by atoms with Crippen molar-refractivity contribution >= 4 is 11.4 Å². The van der Waals surface area contributed by atoms with Crippen LogP contribution < -0.4 is 10.2 Å². The van der Waals surface area contributed by atoms with E-state index in [9.17, 15) is 0 Å². The first-order valence-electron chi connectivity index (χ1n) is 8.73. The molecule has 0 saturated heterocycles. The summed E-state index contributed by atoms with van der Waals surface area (Å²) < 4.78 is 5.25. The zero-order valence-corrected chi connectivity index (χ0v) is 14.3. The number of hydrogen-bond donors (Lipinski definition) is 1. The number of hydrogen-bond acceptors (Lipinski definition) is 3. The Kier molecular flexibility index (Phi) is 9.84. The van der Waals surface area contributed by atoms with Crippen LogP contribution in [0.25, 0.3) is 0 Å². The standard InChI is InChI=1S/C18H34N2O/c1-4-5-6-7-8-9-10-11-12-13-14-19-17-15-21-16-18(17)20(2)3/h15-16,19H,4-14H2,1-3H3. The molecule has 0 amide bonds. The summed E-state index contributed by atoms with van der Waals surface area (Å²) in [6, 6.07) is 0. The van der Waals surface area contributed by atoms with E-state index in [-0.39, 0.29) is 0 Å². The first-order chi connectivity index (χ1) is 10.3. The minimum atomic E-state index is 1.04. The average Bonchev–Trinajstić information content (AvgIpc) is 2.93. The lowest BCUT2D eigenvalue weighted by Crippen LogP contribution is -2.11. The molecule has 1 rings (SSSR count). The molecule has 0 aliphatic heterocycles. The topological polar surface area (TPSA) is 28.4 Å². The molecule has 0 radical (unpaired) electrons. The summed E-state index contributed by atoms with van der Waals surface area (Å²) >= 11 is 0. The SMILES string of the molecule is CCCCCCCCCCCCNc1cocc1N(C)C. The molecule has 1 N–H and O–H groups in total. The summed E-state index contributed by atoms with van der Waals surface area (Å²) in [6.07, 6.45) is 17.4. The Hall–Kier alpha value is -1.12. The highest BCUT2D eigenvalue weighted by Crippen LogP contribution is 2.25. The first kappa shape index (κ1) is 17.9. The molecule has 3 heteroatoms. The number of rotatable bonds is 13. The minimum absolute atomic E-state index is 1.04. The van der Waals surface area contributed by atoms with E-state index in [1.54, 1.807) is 12.5 Å². The third kappa shape index (κ3) is 8.03. The summed E-state index contributed by atoms with van der Waals surface area (Å²) in [5, 5.41) is 3.46. The minimum Gasteiger partial charge on any atom is -0.468 e. The van der Waals surface area contributed by atoms with Crippen LogP contribution in [0.2, 0.25) is 0 Å². The molecule has 0 aliphatic rings. The van der Waals surface area contributed by atoms with Crippen molar-refractivity contribution in [3.05, 3.63) is 12.5 Å². The Morgan fingerprint density at radius 3 is 2.00 bits per heavy atom. The summed E-state index contributed by atoms with van der Waals surface area (Å²) in [5.74, 6) is 0. The Morgan fingerprint density at radius 2 is 1.43 bits per heavy atom. The van der Waals surface area contributed by atoms with Crippen LogP contribution in [0.5, 0.6) is 0 Å². The van der Waals surface area contributed by atoms with Crippen molar-refractivity contribution < 1.29 is 4.42 Å². The van der Waals surface area contributed by atoms with E-state index < -0.39 is 0 Å². The Labute approximate surface area is 131 Å². The van der Waals surface area contributed by atoms with Crippen LogP contribution >= 0.6 is 0 Å². The lowest BCUT2D eigenvalue weighted by molar-refractivity contribution is 0.559. The second-order valence-corrected chi connectivity index (χ2v) is 6.17. The molecule has 0 bridgehead atoms. The average molecular weight is 294 g/mol. The monoisotopic (exact) mass is 294 g/mol. The fourth-order valence-corrected chi connectivity index (χ4v) is 2.60. The Balaban J connectivity index is 1.92. The number of nitrogens with zero attached hydrogens (tertiary/aromatic N) is 1. The maximum absolute atomic E-state index is 5.25. The van der Waals surface area contributed by atoms with Crippen molar-refractivity contribution in [2.24, 2.45) is 0 Å². The molecule has 0 aromatic carbocycles. The molecule has 122 valence electrons. The highest BCUT2D eigenvalue weighted by Gasteiger charge is 2.05. The van der Waals surface area contributed by atoms with Gasteiger partial charge < -0.3 is 14.6 Å². The van der Waals surface area contributed by atoms with Gasteiger partial charge in [-0.2, -0.15) is 0 Å². The van der Waals surface area contributed by atoms with Gasteiger partial charge in [-0.3, -0.25) is 0 Å². The van der Waals surface area contributed by atoms with E-state index in [0.717, 1.165) is 17.9 Å². The van der Waals surface area contributed by atoms with E-state index in [0.29, 0.717) is 0 Å². The largest absolute Gasteiger partial charge is 0.468 e. The summed E-state index contributed by atoms with van der Waals surface area (Å²) in [4.78, 5) is 2.07. The molecule has 3 nitrogen and oxygen atoms in total. The van der Waals surface area contributed by atoms with Gasteiger partial charge in [0.05, 0.1) is 11.4 Å². The molecule has 0 fully saturated rings. The zero-order chi connectivity index (χ0) is 15.3. The van der Waals surface area contributed by atoms with Crippen LogP contribution in [0, 0.1) is 0 Å².